The molecule has 0 unspecified atom stereocenters. The summed E-state index contributed by atoms with van der Waals surface area (Å²) < 4.78 is 2.40. The van der Waals surface area contributed by atoms with E-state index in [1.807, 2.05) is 0 Å². The number of benzene rings is 10. The largest absolute Gasteiger partial charge is 0.309 e. The third-order valence-electron chi connectivity index (χ3n) is 11.1. The minimum atomic E-state index is 1.18. The SMILES string of the molecule is c1ccc(-c2ccc3c(-c4ccc5cc6cc(-n7c8ccccc8c8ccccc87)ccc6cc5c4)c4ccccc4c(-c4ccccc4)c3c2)cc1. The lowest BCUT2D eigenvalue weighted by molar-refractivity contribution is 1.19. The predicted octanol–water partition coefficient (Wildman–Crippen LogP) is 14.4. The van der Waals surface area contributed by atoms with E-state index < -0.39 is 0 Å². The van der Waals surface area contributed by atoms with Crippen molar-refractivity contribution in [1.82, 2.24) is 4.57 Å². The van der Waals surface area contributed by atoms with Gasteiger partial charge in [0.1, 0.15) is 0 Å². The molecule has 0 saturated heterocycles. The average molecular weight is 672 g/mol. The van der Waals surface area contributed by atoms with E-state index in [9.17, 15) is 0 Å². The van der Waals surface area contributed by atoms with Gasteiger partial charge in [0, 0.05) is 16.5 Å². The van der Waals surface area contributed by atoms with E-state index in [1.54, 1.807) is 0 Å². The lowest BCUT2D eigenvalue weighted by Gasteiger charge is -2.19. The van der Waals surface area contributed by atoms with E-state index in [1.165, 1.54) is 104 Å². The van der Waals surface area contributed by atoms with Gasteiger partial charge in [0.15, 0.2) is 0 Å². The molecule has 10 aromatic carbocycles. The number of para-hydroxylation sites is 2. The molecule has 0 aliphatic carbocycles. The maximum Gasteiger partial charge on any atom is 0.0541 e. The zero-order chi connectivity index (χ0) is 34.9. The first-order valence-corrected chi connectivity index (χ1v) is 18.3. The van der Waals surface area contributed by atoms with Crippen molar-refractivity contribution in [1.29, 1.82) is 0 Å². The summed E-state index contributed by atoms with van der Waals surface area (Å²) in [6, 6.07) is 73.6. The zero-order valence-electron chi connectivity index (χ0n) is 29.0. The van der Waals surface area contributed by atoms with Crippen LogP contribution >= 0.6 is 0 Å². The standard InChI is InChI=1S/C52H33N/c1-3-13-34(14-4-1)38-26-28-47-48(33-38)51(35-15-5-2-6-16-35)45-19-7-8-20-46(45)52(47)39-24-23-36-30-41-32-42(27-25-37(41)29-40(36)31-39)53-49-21-11-9-17-43(49)44-18-10-12-22-50(44)53/h1-33H. The smallest absolute Gasteiger partial charge is 0.0541 e. The monoisotopic (exact) mass is 671 g/mol. The molecule has 1 heteroatoms. The Bertz CT molecular complexity index is 3150. The number of fused-ring (bicyclic) bond motifs is 7. The van der Waals surface area contributed by atoms with E-state index in [-0.39, 0.29) is 0 Å². The van der Waals surface area contributed by atoms with Gasteiger partial charge in [-0.1, -0.05) is 152 Å². The fourth-order valence-corrected chi connectivity index (χ4v) is 8.70. The van der Waals surface area contributed by atoms with Crippen molar-refractivity contribution in [3.8, 4) is 39.1 Å². The van der Waals surface area contributed by atoms with Crippen LogP contribution < -0.4 is 0 Å². The van der Waals surface area contributed by atoms with Crippen LogP contribution in [0.5, 0.6) is 0 Å². The summed E-state index contributed by atoms with van der Waals surface area (Å²) in [4.78, 5) is 0. The molecule has 53 heavy (non-hydrogen) atoms. The highest BCUT2D eigenvalue weighted by atomic mass is 15.0. The van der Waals surface area contributed by atoms with Crippen LogP contribution in [0.15, 0.2) is 200 Å². The van der Waals surface area contributed by atoms with Gasteiger partial charge >= 0.3 is 0 Å². The third-order valence-corrected chi connectivity index (χ3v) is 11.1. The van der Waals surface area contributed by atoms with Gasteiger partial charge < -0.3 is 4.57 Å². The van der Waals surface area contributed by atoms with E-state index in [2.05, 4.69) is 205 Å². The van der Waals surface area contributed by atoms with Crippen LogP contribution in [0.2, 0.25) is 0 Å². The normalized spacial score (nSPS) is 11.8. The van der Waals surface area contributed by atoms with E-state index in [4.69, 9.17) is 0 Å². The van der Waals surface area contributed by atoms with Gasteiger partial charge in [-0.25, -0.2) is 0 Å². The number of aromatic nitrogens is 1. The number of nitrogens with zero attached hydrogens (tertiary/aromatic N) is 1. The van der Waals surface area contributed by atoms with Gasteiger partial charge in [-0.3, -0.25) is 0 Å². The molecule has 11 rings (SSSR count). The fourth-order valence-electron chi connectivity index (χ4n) is 8.70. The molecule has 1 nitrogen and oxygen atoms in total. The highest BCUT2D eigenvalue weighted by molar-refractivity contribution is 6.22. The van der Waals surface area contributed by atoms with Crippen molar-refractivity contribution < 1.29 is 0 Å². The molecule has 1 aromatic heterocycles. The van der Waals surface area contributed by atoms with Crippen molar-refractivity contribution in [2.24, 2.45) is 0 Å². The summed E-state index contributed by atoms with van der Waals surface area (Å²) in [6.45, 7) is 0. The van der Waals surface area contributed by atoms with Gasteiger partial charge in [-0.2, -0.15) is 0 Å². The first-order chi connectivity index (χ1) is 26.3. The molecular weight excluding hydrogens is 639 g/mol. The van der Waals surface area contributed by atoms with Gasteiger partial charge in [-0.15, -0.1) is 0 Å². The second kappa shape index (κ2) is 11.8. The Labute approximate surface area is 307 Å². The van der Waals surface area contributed by atoms with Crippen LogP contribution in [0.25, 0.3) is 104 Å². The first kappa shape index (κ1) is 29.7. The van der Waals surface area contributed by atoms with Gasteiger partial charge in [-0.05, 0) is 125 Å². The molecule has 0 aliphatic heterocycles. The topological polar surface area (TPSA) is 4.93 Å². The molecule has 0 amide bonds. The molecule has 0 radical (unpaired) electrons. The van der Waals surface area contributed by atoms with Crippen molar-refractivity contribution in [2.45, 2.75) is 0 Å². The maximum atomic E-state index is 2.40. The van der Waals surface area contributed by atoms with Crippen LogP contribution in [0.4, 0.5) is 0 Å². The van der Waals surface area contributed by atoms with Crippen LogP contribution in [0.1, 0.15) is 0 Å². The van der Waals surface area contributed by atoms with Crippen molar-refractivity contribution in [3.63, 3.8) is 0 Å². The summed E-state index contributed by atoms with van der Waals surface area (Å²) in [5, 5.41) is 12.6. The van der Waals surface area contributed by atoms with Crippen LogP contribution in [-0.4, -0.2) is 4.57 Å². The van der Waals surface area contributed by atoms with E-state index >= 15 is 0 Å². The highest BCUT2D eigenvalue weighted by Crippen LogP contribution is 2.45. The lowest BCUT2D eigenvalue weighted by atomic mass is 9.84. The van der Waals surface area contributed by atoms with Crippen molar-refractivity contribution in [3.05, 3.63) is 200 Å². The molecule has 246 valence electrons. The first-order valence-electron chi connectivity index (χ1n) is 18.3. The summed E-state index contributed by atoms with van der Waals surface area (Å²) in [6.07, 6.45) is 0. The number of hydrogen-bond donors (Lipinski definition) is 0. The van der Waals surface area contributed by atoms with Crippen LogP contribution in [0, 0.1) is 0 Å². The molecule has 0 saturated carbocycles. The maximum absolute atomic E-state index is 2.40. The lowest BCUT2D eigenvalue weighted by Crippen LogP contribution is -1.94. The minimum absolute atomic E-state index is 1.18. The minimum Gasteiger partial charge on any atom is -0.309 e. The number of hydrogen-bond acceptors (Lipinski definition) is 0. The van der Waals surface area contributed by atoms with E-state index in [0.29, 0.717) is 0 Å². The highest BCUT2D eigenvalue weighted by Gasteiger charge is 2.18. The second-order valence-corrected chi connectivity index (χ2v) is 14.1. The summed E-state index contributed by atoms with van der Waals surface area (Å²) in [5.74, 6) is 0. The molecule has 0 bridgehead atoms. The summed E-state index contributed by atoms with van der Waals surface area (Å²) in [5.41, 5.74) is 11.1. The zero-order valence-corrected chi connectivity index (χ0v) is 29.0. The third kappa shape index (κ3) is 4.71. The summed E-state index contributed by atoms with van der Waals surface area (Å²) in [7, 11) is 0. The van der Waals surface area contributed by atoms with Gasteiger partial charge in [0.25, 0.3) is 0 Å². The van der Waals surface area contributed by atoms with E-state index in [0.717, 1.165) is 0 Å². The molecule has 0 spiro atoms. The Balaban J connectivity index is 1.11. The second-order valence-electron chi connectivity index (χ2n) is 14.1. The quantitative estimate of drug-likeness (QED) is 0.164. The Morgan fingerprint density at radius 3 is 1.40 bits per heavy atom. The Morgan fingerprint density at radius 2 is 0.736 bits per heavy atom. The Morgan fingerprint density at radius 1 is 0.245 bits per heavy atom. The Kier molecular flexibility index (Phi) is 6.62. The molecule has 0 fully saturated rings. The number of rotatable bonds is 4. The molecule has 11 aromatic rings. The molecule has 1 heterocycles. The molecular formula is C52H33N. The fraction of sp³-hybridized carbons (Fsp3) is 0. The molecule has 0 aliphatic rings. The van der Waals surface area contributed by atoms with Crippen LogP contribution in [0.3, 0.4) is 0 Å². The van der Waals surface area contributed by atoms with Crippen LogP contribution in [-0.2, 0) is 0 Å². The molecule has 0 atom stereocenters. The molecule has 0 N–H and O–H groups in total. The Hall–Kier alpha value is -6.96. The van der Waals surface area contributed by atoms with Crippen molar-refractivity contribution >= 4 is 64.9 Å². The van der Waals surface area contributed by atoms with Gasteiger partial charge in [0.2, 0.25) is 0 Å². The summed E-state index contributed by atoms with van der Waals surface area (Å²) >= 11 is 0. The van der Waals surface area contributed by atoms with Gasteiger partial charge in [0.05, 0.1) is 11.0 Å². The average Bonchev–Trinajstić information content (AvgIpc) is 3.56. The predicted molar refractivity (Wildman–Crippen MR) is 227 cm³/mol. The van der Waals surface area contributed by atoms with Crippen molar-refractivity contribution in [2.75, 3.05) is 0 Å².